The second-order valence-electron chi connectivity index (χ2n) is 8.53. The average Bonchev–Trinajstić information content (AvgIpc) is 2.78. The van der Waals surface area contributed by atoms with Gasteiger partial charge in [0.05, 0.1) is 10.6 Å². The van der Waals surface area contributed by atoms with Crippen LogP contribution in [0.1, 0.15) is 53.6 Å². The number of hydrogen-bond acceptors (Lipinski definition) is 4. The molecule has 0 radical (unpaired) electrons. The number of piperidine rings is 2. The van der Waals surface area contributed by atoms with E-state index in [0.717, 1.165) is 58.4 Å². The summed E-state index contributed by atoms with van der Waals surface area (Å²) in [6, 6.07) is 10.7. The number of carbonyl (C=O) groups is 1. The Kier molecular flexibility index (Phi) is 6.90. The molecule has 2 saturated heterocycles. The topological polar surface area (TPSA) is 48.5 Å². The third kappa shape index (κ3) is 5.13. The third-order valence-corrected chi connectivity index (χ3v) is 6.60. The minimum Gasteiger partial charge on any atom is -0.366 e. The van der Waals surface area contributed by atoms with Crippen LogP contribution in [0.5, 0.6) is 0 Å². The van der Waals surface area contributed by atoms with Gasteiger partial charge in [-0.1, -0.05) is 35.9 Å². The molecule has 30 heavy (non-hydrogen) atoms. The van der Waals surface area contributed by atoms with Crippen LogP contribution in [0.2, 0.25) is 5.02 Å². The van der Waals surface area contributed by atoms with E-state index in [1.807, 2.05) is 4.90 Å². The van der Waals surface area contributed by atoms with Crippen LogP contribution in [0, 0.1) is 6.92 Å². The molecule has 2 aliphatic rings. The van der Waals surface area contributed by atoms with E-state index >= 15 is 0 Å². The highest BCUT2D eigenvalue weighted by atomic mass is 35.5. The number of aromatic nitrogens is 1. The number of nitrogens with one attached hydrogen (secondary N) is 1. The van der Waals surface area contributed by atoms with Gasteiger partial charge < -0.3 is 10.2 Å². The Hall–Kier alpha value is -2.11. The lowest BCUT2D eigenvalue weighted by Gasteiger charge is -2.33. The van der Waals surface area contributed by atoms with E-state index < -0.39 is 0 Å². The summed E-state index contributed by atoms with van der Waals surface area (Å²) in [5.74, 6) is 0.726. The van der Waals surface area contributed by atoms with E-state index in [9.17, 15) is 4.79 Å². The summed E-state index contributed by atoms with van der Waals surface area (Å²) in [7, 11) is 0. The van der Waals surface area contributed by atoms with Gasteiger partial charge in [0, 0.05) is 45.0 Å². The highest BCUT2D eigenvalue weighted by Gasteiger charge is 2.22. The van der Waals surface area contributed by atoms with Gasteiger partial charge in [0.25, 0.3) is 5.91 Å². The molecule has 0 bridgehead atoms. The lowest BCUT2D eigenvalue weighted by atomic mass is 10.0. The molecule has 1 aromatic carbocycles. The number of nitrogens with zero attached hydrogens (tertiary/aromatic N) is 3. The van der Waals surface area contributed by atoms with Crippen LogP contribution >= 0.6 is 11.6 Å². The molecular weight excluding hydrogens is 396 g/mol. The van der Waals surface area contributed by atoms with Crippen molar-refractivity contribution in [1.82, 2.24) is 14.8 Å². The van der Waals surface area contributed by atoms with Gasteiger partial charge in [-0.05, 0) is 56.2 Å². The van der Waals surface area contributed by atoms with Crippen molar-refractivity contribution in [2.75, 3.05) is 31.5 Å². The first-order chi connectivity index (χ1) is 14.6. The Bertz CT molecular complexity index is 873. The Morgan fingerprint density at radius 1 is 1.13 bits per heavy atom. The molecule has 1 N–H and O–H groups in total. The maximum absolute atomic E-state index is 12.7. The Morgan fingerprint density at radius 2 is 1.87 bits per heavy atom. The van der Waals surface area contributed by atoms with Gasteiger partial charge in [-0.2, -0.15) is 0 Å². The molecule has 5 nitrogen and oxygen atoms in total. The molecule has 0 atom stereocenters. The number of hydrogen-bond donors (Lipinski definition) is 1. The minimum absolute atomic E-state index is 0.0418. The molecule has 0 spiro atoms. The van der Waals surface area contributed by atoms with Crippen molar-refractivity contribution >= 4 is 23.3 Å². The first-order valence-electron chi connectivity index (χ1n) is 11.1. The third-order valence-electron chi connectivity index (χ3n) is 6.32. The maximum Gasteiger partial charge on any atom is 0.255 e. The van der Waals surface area contributed by atoms with Gasteiger partial charge in [0.2, 0.25) is 0 Å². The van der Waals surface area contributed by atoms with Gasteiger partial charge in [-0.15, -0.1) is 0 Å². The standard InChI is InChI=1S/C24H31ClN4O/c1-18-7-3-4-8-19(18)17-28-13-9-21(10-14-28)27-23-22(25)15-20(16-26-23)24(30)29-11-5-2-6-12-29/h3-4,7-8,15-16,21H,2,5-6,9-14,17H2,1H3,(H,26,27). The molecule has 2 aliphatic heterocycles. The summed E-state index contributed by atoms with van der Waals surface area (Å²) in [5, 5.41) is 4.02. The van der Waals surface area contributed by atoms with Gasteiger partial charge in [0.1, 0.15) is 5.82 Å². The van der Waals surface area contributed by atoms with Crippen LogP contribution in [-0.2, 0) is 6.54 Å². The quantitative estimate of drug-likeness (QED) is 0.749. The molecule has 2 fully saturated rings. The smallest absolute Gasteiger partial charge is 0.255 e. The van der Waals surface area contributed by atoms with E-state index in [0.29, 0.717) is 22.4 Å². The molecule has 2 aromatic rings. The SMILES string of the molecule is Cc1ccccc1CN1CCC(Nc2ncc(C(=O)N3CCCCC3)cc2Cl)CC1. The van der Waals surface area contributed by atoms with E-state index in [-0.39, 0.29) is 5.91 Å². The zero-order valence-electron chi connectivity index (χ0n) is 17.7. The van der Waals surface area contributed by atoms with E-state index in [1.165, 1.54) is 17.5 Å². The van der Waals surface area contributed by atoms with Gasteiger partial charge in [-0.25, -0.2) is 4.98 Å². The fraction of sp³-hybridized carbons (Fsp3) is 0.500. The molecule has 1 aromatic heterocycles. The van der Waals surface area contributed by atoms with Gasteiger partial charge in [0.15, 0.2) is 0 Å². The van der Waals surface area contributed by atoms with Crippen LogP contribution in [-0.4, -0.2) is 52.9 Å². The number of likely N-dealkylation sites (tertiary alicyclic amines) is 2. The minimum atomic E-state index is 0.0418. The lowest BCUT2D eigenvalue weighted by molar-refractivity contribution is 0.0724. The van der Waals surface area contributed by atoms with E-state index in [1.54, 1.807) is 12.3 Å². The fourth-order valence-corrected chi connectivity index (χ4v) is 4.62. The summed E-state index contributed by atoms with van der Waals surface area (Å²) in [4.78, 5) is 21.6. The Labute approximate surface area is 184 Å². The first-order valence-corrected chi connectivity index (χ1v) is 11.5. The maximum atomic E-state index is 12.7. The molecule has 0 unspecified atom stereocenters. The molecule has 160 valence electrons. The van der Waals surface area contributed by atoms with Crippen LogP contribution in [0.4, 0.5) is 5.82 Å². The molecule has 4 rings (SSSR count). The predicted molar refractivity (Wildman–Crippen MR) is 122 cm³/mol. The number of halogens is 1. The van der Waals surface area contributed by atoms with Crippen molar-refractivity contribution in [2.45, 2.75) is 51.6 Å². The Balaban J connectivity index is 1.30. The van der Waals surface area contributed by atoms with Gasteiger partial charge >= 0.3 is 0 Å². The molecule has 3 heterocycles. The summed E-state index contributed by atoms with van der Waals surface area (Å²) in [5.41, 5.74) is 3.34. The normalized spacial score (nSPS) is 18.4. The largest absolute Gasteiger partial charge is 0.366 e. The van der Waals surface area contributed by atoms with Crippen molar-refractivity contribution in [3.05, 3.63) is 58.2 Å². The number of anilines is 1. The summed E-state index contributed by atoms with van der Waals surface area (Å²) in [6.07, 6.45) is 7.13. The monoisotopic (exact) mass is 426 g/mol. The number of pyridine rings is 1. The molecule has 1 amide bonds. The number of benzene rings is 1. The van der Waals surface area contributed by atoms with Crippen molar-refractivity contribution in [3.8, 4) is 0 Å². The van der Waals surface area contributed by atoms with Crippen molar-refractivity contribution in [3.63, 3.8) is 0 Å². The number of rotatable bonds is 5. The lowest BCUT2D eigenvalue weighted by Crippen LogP contribution is -2.39. The molecule has 0 saturated carbocycles. The summed E-state index contributed by atoms with van der Waals surface area (Å²) >= 11 is 6.48. The zero-order valence-corrected chi connectivity index (χ0v) is 18.5. The highest BCUT2D eigenvalue weighted by molar-refractivity contribution is 6.33. The van der Waals surface area contributed by atoms with Crippen LogP contribution < -0.4 is 5.32 Å². The number of aryl methyl sites for hydroxylation is 1. The molecule has 0 aliphatic carbocycles. The van der Waals surface area contributed by atoms with Crippen molar-refractivity contribution < 1.29 is 4.79 Å². The summed E-state index contributed by atoms with van der Waals surface area (Å²) < 4.78 is 0. The second-order valence-corrected chi connectivity index (χ2v) is 8.94. The zero-order chi connectivity index (χ0) is 20.9. The van der Waals surface area contributed by atoms with Crippen molar-refractivity contribution in [2.24, 2.45) is 0 Å². The summed E-state index contributed by atoms with van der Waals surface area (Å²) in [6.45, 7) is 6.95. The van der Waals surface area contributed by atoms with Crippen LogP contribution in [0.3, 0.4) is 0 Å². The van der Waals surface area contributed by atoms with Crippen molar-refractivity contribution in [1.29, 1.82) is 0 Å². The van der Waals surface area contributed by atoms with E-state index in [2.05, 4.69) is 46.4 Å². The fourth-order valence-electron chi connectivity index (χ4n) is 4.40. The molecular formula is C24H31ClN4O. The number of carbonyl (C=O) groups excluding carboxylic acids is 1. The second kappa shape index (κ2) is 9.80. The van der Waals surface area contributed by atoms with Crippen LogP contribution in [0.25, 0.3) is 0 Å². The predicted octanol–water partition coefficient (Wildman–Crippen LogP) is 4.75. The Morgan fingerprint density at radius 3 is 2.57 bits per heavy atom. The van der Waals surface area contributed by atoms with Gasteiger partial charge in [-0.3, -0.25) is 9.69 Å². The highest BCUT2D eigenvalue weighted by Crippen LogP contribution is 2.25. The van der Waals surface area contributed by atoms with E-state index in [4.69, 9.17) is 11.6 Å². The molecule has 6 heteroatoms. The first kappa shape index (κ1) is 21.1. The average molecular weight is 427 g/mol. The van der Waals surface area contributed by atoms with Crippen LogP contribution in [0.15, 0.2) is 36.5 Å². The number of amides is 1.